The van der Waals surface area contributed by atoms with E-state index in [4.69, 9.17) is 0 Å². The monoisotopic (exact) mass is 382 g/mol. The summed E-state index contributed by atoms with van der Waals surface area (Å²) in [4.78, 5) is 24.9. The molecule has 0 radical (unpaired) electrons. The minimum absolute atomic E-state index is 0.0869. The van der Waals surface area contributed by atoms with E-state index in [1.165, 1.54) is 12.1 Å². The Morgan fingerprint density at radius 1 is 1.07 bits per heavy atom. The van der Waals surface area contributed by atoms with Gasteiger partial charge in [-0.05, 0) is 54.5 Å². The van der Waals surface area contributed by atoms with Gasteiger partial charge in [-0.1, -0.05) is 44.2 Å². The molecule has 3 rings (SSSR count). The van der Waals surface area contributed by atoms with Gasteiger partial charge in [0.1, 0.15) is 5.82 Å². The average molecular weight is 382 g/mol. The summed E-state index contributed by atoms with van der Waals surface area (Å²) in [5.74, 6) is -0.676. The predicted molar refractivity (Wildman–Crippen MR) is 109 cm³/mol. The van der Waals surface area contributed by atoms with E-state index in [2.05, 4.69) is 24.5 Å². The van der Waals surface area contributed by atoms with E-state index < -0.39 is 0 Å². The third kappa shape index (κ3) is 4.77. The highest BCUT2D eigenvalue weighted by Gasteiger charge is 2.48. The molecule has 0 heterocycles. The third-order valence-corrected chi connectivity index (χ3v) is 5.27. The van der Waals surface area contributed by atoms with Crippen molar-refractivity contribution in [3.63, 3.8) is 0 Å². The van der Waals surface area contributed by atoms with E-state index in [1.807, 2.05) is 25.1 Å². The fraction of sp³-hybridized carbons (Fsp3) is 0.391. The first kappa shape index (κ1) is 20.1. The fourth-order valence-electron chi connectivity index (χ4n) is 3.44. The molecule has 0 saturated heterocycles. The minimum atomic E-state index is -0.273. The Bertz CT molecular complexity index is 861. The van der Waals surface area contributed by atoms with Gasteiger partial charge in [0.05, 0.1) is 11.8 Å². The van der Waals surface area contributed by atoms with Crippen molar-refractivity contribution in [1.82, 2.24) is 5.32 Å². The Morgan fingerprint density at radius 2 is 1.75 bits per heavy atom. The molecule has 1 aliphatic rings. The number of anilines is 1. The number of halogens is 1. The highest BCUT2D eigenvalue weighted by atomic mass is 19.1. The number of hydrogen-bond donors (Lipinski definition) is 2. The van der Waals surface area contributed by atoms with Gasteiger partial charge in [0.2, 0.25) is 11.8 Å². The van der Waals surface area contributed by atoms with Crippen LogP contribution in [0.3, 0.4) is 0 Å². The number of carbonyl (C=O) groups is 2. The lowest BCUT2D eigenvalue weighted by Crippen LogP contribution is -2.29. The average Bonchev–Trinajstić information content (AvgIpc) is 3.45. The predicted octanol–water partition coefficient (Wildman–Crippen LogP) is 4.19. The molecule has 1 fully saturated rings. The summed E-state index contributed by atoms with van der Waals surface area (Å²) in [7, 11) is 0. The second-order valence-electron chi connectivity index (χ2n) is 7.80. The van der Waals surface area contributed by atoms with Crippen LogP contribution < -0.4 is 10.6 Å². The van der Waals surface area contributed by atoms with Crippen molar-refractivity contribution in [3.05, 3.63) is 65.0 Å². The van der Waals surface area contributed by atoms with Crippen molar-refractivity contribution in [2.24, 2.45) is 11.8 Å². The van der Waals surface area contributed by atoms with Gasteiger partial charge in [0, 0.05) is 12.2 Å². The molecule has 4 nitrogen and oxygen atoms in total. The first-order valence-electron chi connectivity index (χ1n) is 9.79. The van der Waals surface area contributed by atoms with Crippen LogP contribution in [-0.2, 0) is 16.0 Å². The lowest BCUT2D eigenvalue weighted by molar-refractivity contribution is -0.125. The Kier molecular flexibility index (Phi) is 6.12. The summed E-state index contributed by atoms with van der Waals surface area (Å²) >= 11 is 0. The SMILES string of the molecule is Cc1cccc(C(C)C)c1NC(=O)C1CC1C(=O)NCCc1ccc(F)cc1. The zero-order valence-electron chi connectivity index (χ0n) is 16.6. The van der Waals surface area contributed by atoms with Crippen LogP contribution in [0.25, 0.3) is 0 Å². The number of para-hydroxylation sites is 1. The molecule has 1 aliphatic carbocycles. The fourth-order valence-corrected chi connectivity index (χ4v) is 3.44. The Hall–Kier alpha value is -2.69. The zero-order chi connectivity index (χ0) is 20.3. The normalized spacial score (nSPS) is 18.0. The summed E-state index contributed by atoms with van der Waals surface area (Å²) in [5.41, 5.74) is 3.97. The van der Waals surface area contributed by atoms with Gasteiger partial charge in [-0.25, -0.2) is 4.39 Å². The minimum Gasteiger partial charge on any atom is -0.356 e. The van der Waals surface area contributed by atoms with Crippen LogP contribution in [0.5, 0.6) is 0 Å². The molecule has 0 aliphatic heterocycles. The van der Waals surface area contributed by atoms with E-state index >= 15 is 0 Å². The number of carbonyl (C=O) groups excluding carboxylic acids is 2. The Balaban J connectivity index is 1.50. The van der Waals surface area contributed by atoms with Gasteiger partial charge in [-0.15, -0.1) is 0 Å². The first-order valence-corrected chi connectivity index (χ1v) is 9.79. The molecular weight excluding hydrogens is 355 g/mol. The van der Waals surface area contributed by atoms with E-state index in [9.17, 15) is 14.0 Å². The number of hydrogen-bond acceptors (Lipinski definition) is 2. The summed E-state index contributed by atoms with van der Waals surface area (Å²) in [6.45, 7) is 6.65. The molecule has 0 bridgehead atoms. The van der Waals surface area contributed by atoms with Crippen molar-refractivity contribution < 1.29 is 14.0 Å². The van der Waals surface area contributed by atoms with Crippen LogP contribution in [0.2, 0.25) is 0 Å². The number of aryl methyl sites for hydroxylation is 1. The zero-order valence-corrected chi connectivity index (χ0v) is 16.6. The molecular formula is C23H27FN2O2. The van der Waals surface area contributed by atoms with Crippen LogP contribution >= 0.6 is 0 Å². The molecule has 0 aromatic heterocycles. The first-order chi connectivity index (χ1) is 13.4. The summed E-state index contributed by atoms with van der Waals surface area (Å²) in [5, 5.41) is 5.92. The number of nitrogens with one attached hydrogen (secondary N) is 2. The lowest BCUT2D eigenvalue weighted by atomic mass is 9.98. The molecule has 2 atom stereocenters. The van der Waals surface area contributed by atoms with Crippen molar-refractivity contribution >= 4 is 17.5 Å². The molecule has 0 spiro atoms. The molecule has 148 valence electrons. The van der Waals surface area contributed by atoms with Crippen molar-refractivity contribution in [1.29, 1.82) is 0 Å². The Morgan fingerprint density at radius 3 is 2.43 bits per heavy atom. The highest BCUT2D eigenvalue weighted by Crippen LogP contribution is 2.40. The summed E-state index contributed by atoms with van der Waals surface area (Å²) < 4.78 is 12.9. The number of rotatable bonds is 7. The topological polar surface area (TPSA) is 58.2 Å². The highest BCUT2D eigenvalue weighted by molar-refractivity contribution is 6.00. The molecule has 2 amide bonds. The smallest absolute Gasteiger partial charge is 0.228 e. The van der Waals surface area contributed by atoms with Gasteiger partial charge >= 0.3 is 0 Å². The molecule has 28 heavy (non-hydrogen) atoms. The van der Waals surface area contributed by atoms with Crippen molar-refractivity contribution in [2.45, 2.75) is 39.5 Å². The summed E-state index contributed by atoms with van der Waals surface area (Å²) in [6, 6.07) is 12.3. The molecule has 1 saturated carbocycles. The van der Waals surface area contributed by atoms with Crippen LogP contribution in [0, 0.1) is 24.6 Å². The maximum absolute atomic E-state index is 12.9. The quantitative estimate of drug-likeness (QED) is 0.754. The van der Waals surface area contributed by atoms with E-state index in [1.54, 1.807) is 12.1 Å². The van der Waals surface area contributed by atoms with Crippen LogP contribution in [0.15, 0.2) is 42.5 Å². The molecule has 2 unspecified atom stereocenters. The van der Waals surface area contributed by atoms with Gasteiger partial charge in [-0.3, -0.25) is 9.59 Å². The van der Waals surface area contributed by atoms with Crippen LogP contribution in [0.1, 0.15) is 42.9 Å². The van der Waals surface area contributed by atoms with E-state index in [0.717, 1.165) is 22.4 Å². The van der Waals surface area contributed by atoms with Crippen LogP contribution in [-0.4, -0.2) is 18.4 Å². The largest absolute Gasteiger partial charge is 0.356 e. The van der Waals surface area contributed by atoms with Gasteiger partial charge in [0.15, 0.2) is 0 Å². The second-order valence-corrected chi connectivity index (χ2v) is 7.80. The van der Waals surface area contributed by atoms with Crippen LogP contribution in [0.4, 0.5) is 10.1 Å². The standard InChI is InChI=1S/C23H27FN2O2/c1-14(2)18-6-4-5-15(3)21(18)26-23(28)20-13-19(20)22(27)25-12-11-16-7-9-17(24)10-8-16/h4-10,14,19-20H,11-13H2,1-3H3,(H,25,27)(H,26,28). The molecule has 2 N–H and O–H groups in total. The van der Waals surface area contributed by atoms with Gasteiger partial charge in [0.25, 0.3) is 0 Å². The Labute approximate surface area is 165 Å². The summed E-state index contributed by atoms with van der Waals surface area (Å²) in [6.07, 6.45) is 1.22. The number of amides is 2. The third-order valence-electron chi connectivity index (χ3n) is 5.27. The second kappa shape index (κ2) is 8.55. The molecule has 2 aromatic carbocycles. The molecule has 5 heteroatoms. The van der Waals surface area contributed by atoms with Crippen molar-refractivity contribution in [3.8, 4) is 0 Å². The maximum atomic E-state index is 12.9. The maximum Gasteiger partial charge on any atom is 0.228 e. The van der Waals surface area contributed by atoms with E-state index in [0.29, 0.717) is 25.3 Å². The molecule has 2 aromatic rings. The number of benzene rings is 2. The van der Waals surface area contributed by atoms with Gasteiger partial charge < -0.3 is 10.6 Å². The van der Waals surface area contributed by atoms with Crippen molar-refractivity contribution in [2.75, 3.05) is 11.9 Å². The lowest BCUT2D eigenvalue weighted by Gasteiger charge is -2.16. The van der Waals surface area contributed by atoms with Gasteiger partial charge in [-0.2, -0.15) is 0 Å². The van der Waals surface area contributed by atoms with E-state index in [-0.39, 0.29) is 29.5 Å².